The van der Waals surface area contributed by atoms with E-state index in [1.165, 1.54) is 6.08 Å². The molecule has 0 radical (unpaired) electrons. The Morgan fingerprint density at radius 3 is 2.38 bits per heavy atom. The topological polar surface area (TPSA) is 133 Å². The van der Waals surface area contributed by atoms with Gasteiger partial charge in [-0.3, -0.25) is 9.59 Å². The fraction of sp³-hybridized carbons (Fsp3) is 0.250. The van der Waals surface area contributed by atoms with Crippen LogP contribution in [0.4, 0.5) is 28.1 Å². The average molecular weight is 527 g/mol. The Bertz CT molecular complexity index is 1440. The van der Waals surface area contributed by atoms with Gasteiger partial charge in [0.05, 0.1) is 6.04 Å². The molecule has 3 amide bonds. The number of nitrogens with one attached hydrogen (secondary N) is 4. The van der Waals surface area contributed by atoms with Crippen molar-refractivity contribution in [2.24, 2.45) is 0 Å². The zero-order chi connectivity index (χ0) is 27.5. The lowest BCUT2D eigenvalue weighted by molar-refractivity contribution is -0.128. The molecule has 4 N–H and O–H groups in total. The summed E-state index contributed by atoms with van der Waals surface area (Å²) in [6.45, 7) is 3.66. The number of aromatic nitrogens is 3. The second kappa shape index (κ2) is 10.8. The molecule has 1 aromatic heterocycles. The fourth-order valence-corrected chi connectivity index (χ4v) is 5.14. The van der Waals surface area contributed by atoms with Crippen molar-refractivity contribution < 1.29 is 14.4 Å². The summed E-state index contributed by atoms with van der Waals surface area (Å²) in [5, 5.41) is 15.6. The first-order chi connectivity index (χ1) is 18.9. The lowest BCUT2D eigenvalue weighted by atomic mass is 9.94. The molecule has 5 rings (SSSR count). The van der Waals surface area contributed by atoms with Gasteiger partial charge in [-0.15, -0.1) is 9.78 Å². The number of hydrogen-bond donors (Lipinski definition) is 4. The molecule has 2 bridgehead atoms. The normalized spacial score (nSPS) is 17.7. The van der Waals surface area contributed by atoms with Crippen LogP contribution in [0.1, 0.15) is 35.2 Å². The van der Waals surface area contributed by atoms with E-state index >= 15 is 0 Å². The third-order valence-corrected chi connectivity index (χ3v) is 7.02. The molecular weight excluding hydrogens is 496 g/mol. The molecule has 1 saturated heterocycles. The number of rotatable bonds is 7. The van der Waals surface area contributed by atoms with Crippen LogP contribution in [0.5, 0.6) is 0 Å². The van der Waals surface area contributed by atoms with E-state index in [4.69, 9.17) is 0 Å². The van der Waals surface area contributed by atoms with Gasteiger partial charge in [0, 0.05) is 37.1 Å². The Morgan fingerprint density at radius 2 is 1.72 bits per heavy atom. The molecule has 1 fully saturated rings. The van der Waals surface area contributed by atoms with E-state index in [1.54, 1.807) is 38.4 Å². The molecule has 3 heterocycles. The van der Waals surface area contributed by atoms with E-state index in [9.17, 15) is 14.4 Å². The van der Waals surface area contributed by atoms with Crippen LogP contribution in [-0.4, -0.2) is 63.7 Å². The van der Waals surface area contributed by atoms with Crippen LogP contribution in [0.15, 0.2) is 67.3 Å². The standard InChI is InChI=1S/C28H30N8O3/c1-4-24(37)35-21-13-15-22(23(35)16-14-21)17-5-9-20(10-6-17)32-28(39)36-27(30-3)33-26(34-36)31-19-11-7-18(8-12-19)25(38)29-2/h4-12,15,21,23H,1,13-14,16H2,2-3H3,(H,29,38)(H,32,39)(H2,30,31,33,34). The second-order valence-electron chi connectivity index (χ2n) is 9.30. The molecule has 0 spiro atoms. The van der Waals surface area contributed by atoms with Crippen LogP contribution < -0.4 is 21.3 Å². The number of carbonyl (C=O) groups is 3. The molecule has 2 aliphatic rings. The van der Waals surface area contributed by atoms with Gasteiger partial charge in [0.2, 0.25) is 17.8 Å². The SMILES string of the molecule is C=CC(=O)N1C2CC=C(c3ccc(NC(=O)n4nc(Nc5ccc(C(=O)NC)cc5)nc4NC)cc3)C1CC2. The lowest BCUT2D eigenvalue weighted by Crippen LogP contribution is -2.42. The minimum Gasteiger partial charge on any atom is -0.357 e. The maximum Gasteiger partial charge on any atom is 0.349 e. The number of hydrogen-bond acceptors (Lipinski definition) is 7. The zero-order valence-electron chi connectivity index (χ0n) is 21.8. The van der Waals surface area contributed by atoms with E-state index in [0.717, 1.165) is 35.1 Å². The molecule has 0 aliphatic carbocycles. The third-order valence-electron chi connectivity index (χ3n) is 7.02. The summed E-state index contributed by atoms with van der Waals surface area (Å²) < 4.78 is 1.14. The largest absolute Gasteiger partial charge is 0.357 e. The summed E-state index contributed by atoms with van der Waals surface area (Å²) in [5.41, 5.74) is 3.94. The monoisotopic (exact) mass is 526 g/mol. The highest BCUT2D eigenvalue weighted by Gasteiger charge is 2.40. The number of anilines is 4. The van der Waals surface area contributed by atoms with Gasteiger partial charge >= 0.3 is 6.03 Å². The summed E-state index contributed by atoms with van der Waals surface area (Å²) in [7, 11) is 3.22. The lowest BCUT2D eigenvalue weighted by Gasteiger charge is -2.34. The Kier molecular flexibility index (Phi) is 7.13. The maximum absolute atomic E-state index is 13.0. The van der Waals surface area contributed by atoms with Gasteiger partial charge in [0.15, 0.2) is 0 Å². The highest BCUT2D eigenvalue weighted by molar-refractivity contribution is 5.95. The first-order valence-electron chi connectivity index (χ1n) is 12.7. The van der Waals surface area contributed by atoms with Gasteiger partial charge in [0.25, 0.3) is 5.91 Å². The molecule has 39 heavy (non-hydrogen) atoms. The van der Waals surface area contributed by atoms with Crippen molar-refractivity contribution in [2.75, 3.05) is 30.0 Å². The molecule has 200 valence electrons. The van der Waals surface area contributed by atoms with E-state index in [0.29, 0.717) is 16.9 Å². The predicted octanol–water partition coefficient (Wildman–Crippen LogP) is 3.84. The maximum atomic E-state index is 13.0. The minimum absolute atomic E-state index is 0.0279. The Hall–Kier alpha value is -4.93. The minimum atomic E-state index is -0.485. The smallest absolute Gasteiger partial charge is 0.349 e. The molecule has 2 atom stereocenters. The van der Waals surface area contributed by atoms with Crippen LogP contribution >= 0.6 is 0 Å². The van der Waals surface area contributed by atoms with Gasteiger partial charge < -0.3 is 26.2 Å². The van der Waals surface area contributed by atoms with Gasteiger partial charge in [-0.1, -0.05) is 24.8 Å². The first kappa shape index (κ1) is 25.7. The quantitative estimate of drug-likeness (QED) is 0.344. The van der Waals surface area contributed by atoms with Crippen molar-refractivity contribution >= 4 is 46.7 Å². The molecule has 3 aromatic rings. The van der Waals surface area contributed by atoms with Gasteiger partial charge in [-0.05, 0) is 72.9 Å². The van der Waals surface area contributed by atoms with Crippen molar-refractivity contribution in [1.82, 2.24) is 25.0 Å². The number of carbonyl (C=O) groups excluding carboxylic acids is 3. The summed E-state index contributed by atoms with van der Waals surface area (Å²) in [5.74, 6) is 0.262. The molecule has 11 heteroatoms. The predicted molar refractivity (Wildman–Crippen MR) is 150 cm³/mol. The summed E-state index contributed by atoms with van der Waals surface area (Å²) in [4.78, 5) is 43.5. The van der Waals surface area contributed by atoms with Crippen LogP contribution in [0, 0.1) is 0 Å². The van der Waals surface area contributed by atoms with Crippen LogP contribution in [0.25, 0.3) is 5.57 Å². The van der Waals surface area contributed by atoms with Crippen LogP contribution in [0.2, 0.25) is 0 Å². The zero-order valence-corrected chi connectivity index (χ0v) is 21.8. The second-order valence-corrected chi connectivity index (χ2v) is 9.30. The van der Waals surface area contributed by atoms with Crippen molar-refractivity contribution in [2.45, 2.75) is 31.3 Å². The Balaban J connectivity index is 1.27. The van der Waals surface area contributed by atoms with Crippen LogP contribution in [-0.2, 0) is 4.79 Å². The fourth-order valence-electron chi connectivity index (χ4n) is 5.14. The number of fused-ring (bicyclic) bond motifs is 2. The first-order valence-corrected chi connectivity index (χ1v) is 12.7. The number of amides is 3. The molecule has 2 aromatic carbocycles. The van der Waals surface area contributed by atoms with E-state index in [2.05, 4.69) is 44.0 Å². The molecular formula is C28H30N8O3. The third kappa shape index (κ3) is 5.11. The number of benzene rings is 2. The number of nitrogens with zero attached hydrogens (tertiary/aromatic N) is 4. The van der Waals surface area contributed by atoms with Crippen molar-refractivity contribution in [3.05, 3.63) is 78.4 Å². The molecule has 0 saturated carbocycles. The Labute approximate surface area is 226 Å². The summed E-state index contributed by atoms with van der Waals surface area (Å²) in [6, 6.07) is 14.2. The van der Waals surface area contributed by atoms with Crippen molar-refractivity contribution in [1.29, 1.82) is 0 Å². The van der Waals surface area contributed by atoms with E-state index < -0.39 is 6.03 Å². The summed E-state index contributed by atoms with van der Waals surface area (Å²) >= 11 is 0. The average Bonchev–Trinajstić information content (AvgIpc) is 3.51. The Morgan fingerprint density at radius 1 is 1.00 bits per heavy atom. The molecule has 2 unspecified atom stereocenters. The highest BCUT2D eigenvalue weighted by Crippen LogP contribution is 2.40. The van der Waals surface area contributed by atoms with E-state index in [-0.39, 0.29) is 35.8 Å². The van der Waals surface area contributed by atoms with Gasteiger partial charge in [-0.25, -0.2) is 4.79 Å². The molecule has 11 nitrogen and oxygen atoms in total. The highest BCUT2D eigenvalue weighted by atomic mass is 16.2. The van der Waals surface area contributed by atoms with E-state index in [1.807, 2.05) is 29.2 Å². The van der Waals surface area contributed by atoms with Crippen LogP contribution in [0.3, 0.4) is 0 Å². The van der Waals surface area contributed by atoms with Gasteiger partial charge in [-0.2, -0.15) is 4.98 Å². The van der Waals surface area contributed by atoms with Crippen molar-refractivity contribution in [3.63, 3.8) is 0 Å². The van der Waals surface area contributed by atoms with Crippen molar-refractivity contribution in [3.8, 4) is 0 Å². The summed E-state index contributed by atoms with van der Waals surface area (Å²) in [6.07, 6.45) is 6.36. The molecule has 2 aliphatic heterocycles. The van der Waals surface area contributed by atoms with Gasteiger partial charge in [0.1, 0.15) is 0 Å².